The zero-order valence-corrected chi connectivity index (χ0v) is 12.6. The minimum absolute atomic E-state index is 0.189. The predicted molar refractivity (Wildman–Crippen MR) is 81.6 cm³/mol. The van der Waals surface area contributed by atoms with Crippen LogP contribution in [-0.2, 0) is 7.05 Å². The van der Waals surface area contributed by atoms with Gasteiger partial charge in [-0.15, -0.1) is 13.2 Å². The molecule has 2 heterocycles. The Kier molecular flexibility index (Phi) is 3.91. The fraction of sp³-hybridized carbons (Fsp3) is 0.143. The number of ether oxygens (including phenoxy) is 1. The first kappa shape index (κ1) is 16.5. The number of aryl methyl sites for hydroxylation is 1. The van der Waals surface area contributed by atoms with Crippen molar-refractivity contribution in [1.29, 1.82) is 0 Å². The van der Waals surface area contributed by atoms with Gasteiger partial charge in [0.1, 0.15) is 17.5 Å². The summed E-state index contributed by atoms with van der Waals surface area (Å²) in [5.74, 6) is -0.0205. The monoisotopic (exact) mass is 353 g/mol. The van der Waals surface area contributed by atoms with Crippen molar-refractivity contribution >= 4 is 28.5 Å². The molecule has 0 amide bonds. The molecular weight excluding hydrogens is 343 g/mol. The van der Waals surface area contributed by atoms with E-state index in [-0.39, 0.29) is 11.4 Å². The number of fused-ring (bicyclic) bond motifs is 1. The molecule has 0 bridgehead atoms. The number of anilines is 2. The molecule has 0 spiro atoms. The average molecular weight is 353 g/mol. The lowest BCUT2D eigenvalue weighted by atomic mass is 10.3. The van der Waals surface area contributed by atoms with Gasteiger partial charge in [0.15, 0.2) is 5.65 Å². The number of benzene rings is 1. The number of nitro groups is 1. The first-order chi connectivity index (χ1) is 11.7. The molecule has 2 aromatic heterocycles. The van der Waals surface area contributed by atoms with Crippen molar-refractivity contribution in [3.8, 4) is 5.75 Å². The van der Waals surface area contributed by atoms with E-state index in [2.05, 4.69) is 20.0 Å². The van der Waals surface area contributed by atoms with E-state index in [0.717, 1.165) is 18.3 Å². The number of nitrogens with one attached hydrogen (secondary N) is 1. The highest BCUT2D eigenvalue weighted by molar-refractivity contribution is 5.77. The van der Waals surface area contributed by atoms with Crippen molar-refractivity contribution in [2.45, 2.75) is 6.36 Å². The Balaban J connectivity index is 1.85. The summed E-state index contributed by atoms with van der Waals surface area (Å²) in [6.07, 6.45) is -3.64. The van der Waals surface area contributed by atoms with Crippen LogP contribution < -0.4 is 10.1 Å². The number of imidazole rings is 1. The number of nitrogens with zero attached hydrogens (tertiary/aromatic N) is 4. The maximum atomic E-state index is 12.1. The Hall–Kier alpha value is -3.37. The number of aromatic nitrogens is 3. The summed E-state index contributed by atoms with van der Waals surface area (Å²) in [5, 5.41) is 13.7. The van der Waals surface area contributed by atoms with E-state index >= 15 is 0 Å². The Morgan fingerprint density at radius 3 is 2.56 bits per heavy atom. The molecule has 11 heteroatoms. The zero-order valence-electron chi connectivity index (χ0n) is 12.6. The number of hydrogen-bond acceptors (Lipinski definition) is 6. The Labute approximate surface area is 138 Å². The van der Waals surface area contributed by atoms with Gasteiger partial charge in [0.2, 0.25) is 5.95 Å². The van der Waals surface area contributed by atoms with E-state index < -0.39 is 11.3 Å². The van der Waals surface area contributed by atoms with E-state index in [9.17, 15) is 23.3 Å². The molecule has 0 aliphatic carbocycles. The Morgan fingerprint density at radius 1 is 1.28 bits per heavy atom. The lowest BCUT2D eigenvalue weighted by Gasteiger charge is -2.10. The Bertz CT molecular complexity index is 937. The maximum absolute atomic E-state index is 12.1. The van der Waals surface area contributed by atoms with Gasteiger partial charge in [0.05, 0.1) is 4.92 Å². The van der Waals surface area contributed by atoms with Crippen molar-refractivity contribution in [1.82, 2.24) is 14.5 Å². The molecule has 1 aromatic carbocycles. The molecule has 0 fully saturated rings. The first-order valence-electron chi connectivity index (χ1n) is 6.82. The highest BCUT2D eigenvalue weighted by atomic mass is 19.4. The highest BCUT2D eigenvalue weighted by Crippen LogP contribution is 2.26. The minimum atomic E-state index is -4.76. The normalized spacial score (nSPS) is 11.5. The number of pyridine rings is 1. The largest absolute Gasteiger partial charge is 0.573 e. The molecule has 0 unspecified atom stereocenters. The van der Waals surface area contributed by atoms with Gasteiger partial charge in [-0.3, -0.25) is 14.7 Å². The van der Waals surface area contributed by atoms with Crippen LogP contribution in [0.25, 0.3) is 11.2 Å². The van der Waals surface area contributed by atoms with Crippen molar-refractivity contribution in [3.63, 3.8) is 0 Å². The number of halogens is 3. The van der Waals surface area contributed by atoms with Crippen LogP contribution in [0.2, 0.25) is 0 Å². The van der Waals surface area contributed by atoms with Gasteiger partial charge in [0, 0.05) is 18.8 Å². The molecular formula is C14H10F3N5O3. The SMILES string of the molecule is Cn1c(Nc2ccc(OC(F)(F)F)cc2)nc2cc([N+](=O)[O-])cnc21. The number of hydrogen-bond donors (Lipinski definition) is 1. The van der Waals surface area contributed by atoms with Gasteiger partial charge in [-0.05, 0) is 24.3 Å². The van der Waals surface area contributed by atoms with E-state index in [4.69, 9.17) is 0 Å². The minimum Gasteiger partial charge on any atom is -0.406 e. The lowest BCUT2D eigenvalue weighted by molar-refractivity contribution is -0.385. The second kappa shape index (κ2) is 5.92. The summed E-state index contributed by atoms with van der Waals surface area (Å²) in [6, 6.07) is 6.36. The van der Waals surface area contributed by atoms with Gasteiger partial charge < -0.3 is 10.1 Å². The summed E-state index contributed by atoms with van der Waals surface area (Å²) >= 11 is 0. The Morgan fingerprint density at radius 2 is 1.96 bits per heavy atom. The lowest BCUT2D eigenvalue weighted by Crippen LogP contribution is -2.17. The first-order valence-corrected chi connectivity index (χ1v) is 6.82. The molecule has 25 heavy (non-hydrogen) atoms. The highest BCUT2D eigenvalue weighted by Gasteiger charge is 2.30. The van der Waals surface area contributed by atoms with Gasteiger partial charge in [-0.1, -0.05) is 0 Å². The topological polar surface area (TPSA) is 95.1 Å². The van der Waals surface area contributed by atoms with Crippen molar-refractivity contribution in [3.05, 3.63) is 46.6 Å². The quantitative estimate of drug-likeness (QED) is 0.570. The predicted octanol–water partition coefficient (Wildman–Crippen LogP) is 3.52. The molecule has 8 nitrogen and oxygen atoms in total. The van der Waals surface area contributed by atoms with Crippen LogP contribution in [0.1, 0.15) is 0 Å². The molecule has 1 N–H and O–H groups in total. The standard InChI is InChI=1S/C14H10F3N5O3/c1-21-12-11(6-9(7-18-12)22(23)24)20-13(21)19-8-2-4-10(5-3-8)25-14(15,16)17/h2-7H,1H3,(H,19,20). The van der Waals surface area contributed by atoms with E-state index in [1.54, 1.807) is 11.6 Å². The van der Waals surface area contributed by atoms with Crippen LogP contribution in [0.15, 0.2) is 36.5 Å². The second-order valence-electron chi connectivity index (χ2n) is 4.98. The van der Waals surface area contributed by atoms with Gasteiger partial charge >= 0.3 is 6.36 Å². The molecule has 0 radical (unpaired) electrons. The fourth-order valence-corrected chi connectivity index (χ4v) is 2.15. The molecule has 3 aromatic rings. The van der Waals surface area contributed by atoms with Crippen molar-refractivity contribution < 1.29 is 22.8 Å². The van der Waals surface area contributed by atoms with Crippen molar-refractivity contribution in [2.75, 3.05) is 5.32 Å². The van der Waals surface area contributed by atoms with Crippen molar-refractivity contribution in [2.24, 2.45) is 7.05 Å². The smallest absolute Gasteiger partial charge is 0.406 e. The third-order valence-corrected chi connectivity index (χ3v) is 3.25. The molecule has 0 saturated carbocycles. The fourth-order valence-electron chi connectivity index (χ4n) is 2.15. The van der Waals surface area contributed by atoms with Crippen LogP contribution in [0, 0.1) is 10.1 Å². The third kappa shape index (κ3) is 3.59. The molecule has 3 rings (SSSR count). The second-order valence-corrected chi connectivity index (χ2v) is 4.98. The summed E-state index contributed by atoms with van der Waals surface area (Å²) in [4.78, 5) is 18.4. The molecule has 0 aliphatic heterocycles. The molecule has 0 atom stereocenters. The van der Waals surface area contributed by atoms with Crippen LogP contribution >= 0.6 is 0 Å². The zero-order chi connectivity index (χ0) is 18.2. The van der Waals surface area contributed by atoms with Gasteiger partial charge in [-0.2, -0.15) is 0 Å². The summed E-state index contributed by atoms with van der Waals surface area (Å²) in [7, 11) is 1.65. The number of alkyl halides is 3. The summed E-state index contributed by atoms with van der Waals surface area (Å²) < 4.78 is 41.8. The molecule has 0 aliphatic rings. The number of rotatable bonds is 4. The average Bonchev–Trinajstić information content (AvgIpc) is 2.83. The van der Waals surface area contributed by atoms with Crippen LogP contribution in [0.5, 0.6) is 5.75 Å². The van der Waals surface area contributed by atoms with E-state index in [1.807, 2.05) is 0 Å². The van der Waals surface area contributed by atoms with E-state index in [0.29, 0.717) is 22.8 Å². The van der Waals surface area contributed by atoms with E-state index in [1.165, 1.54) is 18.2 Å². The summed E-state index contributed by atoms with van der Waals surface area (Å²) in [6.45, 7) is 0. The summed E-state index contributed by atoms with van der Waals surface area (Å²) in [5.41, 5.74) is 1.01. The maximum Gasteiger partial charge on any atom is 0.573 e. The molecule has 0 saturated heterocycles. The van der Waals surface area contributed by atoms with Gasteiger partial charge in [0.25, 0.3) is 5.69 Å². The van der Waals surface area contributed by atoms with Crippen LogP contribution in [-0.4, -0.2) is 25.8 Å². The third-order valence-electron chi connectivity index (χ3n) is 3.25. The van der Waals surface area contributed by atoms with Crippen LogP contribution in [0.4, 0.5) is 30.5 Å². The van der Waals surface area contributed by atoms with Gasteiger partial charge in [-0.25, -0.2) is 9.97 Å². The molecule has 130 valence electrons. The van der Waals surface area contributed by atoms with Crippen LogP contribution in [0.3, 0.4) is 0 Å².